The van der Waals surface area contributed by atoms with Gasteiger partial charge in [0.15, 0.2) is 0 Å². The van der Waals surface area contributed by atoms with Gasteiger partial charge in [0.2, 0.25) is 0 Å². The van der Waals surface area contributed by atoms with Crippen LogP contribution < -0.4 is 0 Å². The van der Waals surface area contributed by atoms with Crippen LogP contribution in [0.2, 0.25) is 0 Å². The van der Waals surface area contributed by atoms with Crippen LogP contribution in [0.4, 0.5) is 0 Å². The molecule has 0 spiro atoms. The van der Waals surface area contributed by atoms with Gasteiger partial charge < -0.3 is 4.48 Å². The first-order valence-corrected chi connectivity index (χ1v) is 2.91. The molecule has 0 aliphatic heterocycles. The zero-order chi connectivity index (χ0) is 5.11. The first kappa shape index (κ1) is 4.85. The predicted octanol–water partition coefficient (Wildman–Crippen LogP) is -0.127. The average Bonchev–Trinajstić information content (AvgIpc) is 2.14. The molecule has 0 fully saturated rings. The number of hydrogen-bond donors (Lipinski definition) is 0. The Labute approximate surface area is 45.4 Å². The summed E-state index contributed by atoms with van der Waals surface area (Å²) in [5.74, 6) is 0. The lowest BCUT2D eigenvalue weighted by atomic mass is 10.4. The molecule has 1 rings (SSSR count). The van der Waals surface area contributed by atoms with Crippen LogP contribution in [0.25, 0.3) is 0 Å². The normalized spacial score (nSPS) is 8.71. The van der Waals surface area contributed by atoms with Gasteiger partial charge in [0.25, 0.3) is 7.13 Å². The Hall–Kier alpha value is -0.295. The van der Waals surface area contributed by atoms with Crippen molar-refractivity contribution in [2.75, 3.05) is 0 Å². The van der Waals surface area contributed by atoms with Crippen molar-refractivity contribution >= 4 is 16.3 Å². The number of nitrogens with zero attached hydrogens (tertiary/aromatic N) is 2. The molecular formula is C3H6BN2P. The van der Waals surface area contributed by atoms with Gasteiger partial charge in [-0.25, -0.2) is 4.98 Å². The van der Waals surface area contributed by atoms with Crippen molar-refractivity contribution in [3.8, 4) is 0 Å². The molecule has 0 aromatic carbocycles. The second-order valence-electron chi connectivity index (χ2n) is 1.26. The van der Waals surface area contributed by atoms with E-state index in [1.54, 1.807) is 12.5 Å². The summed E-state index contributed by atoms with van der Waals surface area (Å²) in [6.45, 7) is 0. The molecule has 7 heavy (non-hydrogen) atoms. The van der Waals surface area contributed by atoms with Gasteiger partial charge in [-0.05, 0) is 0 Å². The summed E-state index contributed by atoms with van der Waals surface area (Å²) in [4.78, 5) is 3.84. The molecule has 0 saturated carbocycles. The van der Waals surface area contributed by atoms with Crippen LogP contribution in [0.15, 0.2) is 18.7 Å². The average molecular weight is 112 g/mol. The van der Waals surface area contributed by atoms with Crippen LogP contribution >= 0.6 is 9.12 Å². The highest BCUT2D eigenvalue weighted by Crippen LogP contribution is 1.83. The van der Waals surface area contributed by atoms with E-state index in [0.29, 0.717) is 0 Å². The summed E-state index contributed by atoms with van der Waals surface area (Å²) < 4.78 is 1.98. The Morgan fingerprint density at radius 2 is 2.57 bits per heavy atom. The SMILES string of the molecule is PBn1ccnc1. The quantitative estimate of drug-likeness (QED) is 0.365. The topological polar surface area (TPSA) is 17.8 Å². The number of aromatic nitrogens is 2. The Bertz CT molecular complexity index is 127. The summed E-state index contributed by atoms with van der Waals surface area (Å²) in [6.07, 6.45) is 5.48. The molecular weight excluding hydrogens is 106 g/mol. The van der Waals surface area contributed by atoms with E-state index in [9.17, 15) is 0 Å². The van der Waals surface area contributed by atoms with Gasteiger partial charge >= 0.3 is 0 Å². The Balaban J connectivity index is 2.76. The van der Waals surface area contributed by atoms with Crippen LogP contribution in [0, 0.1) is 0 Å². The molecule has 1 aromatic heterocycles. The molecule has 0 saturated heterocycles. The Morgan fingerprint density at radius 1 is 1.71 bits per heavy atom. The van der Waals surface area contributed by atoms with Gasteiger partial charge in [-0.2, -0.15) is 9.12 Å². The van der Waals surface area contributed by atoms with Gasteiger partial charge in [-0.1, -0.05) is 0 Å². The second-order valence-corrected chi connectivity index (χ2v) is 1.62. The zero-order valence-electron chi connectivity index (χ0n) is 3.91. The van der Waals surface area contributed by atoms with Gasteiger partial charge in [-0.3, -0.25) is 0 Å². The van der Waals surface area contributed by atoms with E-state index in [4.69, 9.17) is 0 Å². The van der Waals surface area contributed by atoms with Crippen molar-refractivity contribution in [3.05, 3.63) is 18.7 Å². The molecule has 0 radical (unpaired) electrons. The lowest BCUT2D eigenvalue weighted by molar-refractivity contribution is 1.21. The summed E-state index contributed by atoms with van der Waals surface area (Å²) in [7, 11) is 3.54. The molecule has 4 heteroatoms. The molecule has 0 aliphatic rings. The van der Waals surface area contributed by atoms with E-state index < -0.39 is 0 Å². The molecule has 36 valence electrons. The fraction of sp³-hybridized carbons (Fsp3) is 0. The number of imidazole rings is 1. The maximum absolute atomic E-state index is 3.84. The third-order valence-electron chi connectivity index (χ3n) is 0.770. The van der Waals surface area contributed by atoms with Crippen molar-refractivity contribution in [1.29, 1.82) is 0 Å². The lowest BCUT2D eigenvalue weighted by Gasteiger charge is -1.85. The summed E-state index contributed by atoms with van der Waals surface area (Å²) in [5, 5.41) is 0. The molecule has 0 bridgehead atoms. The highest BCUT2D eigenvalue weighted by atomic mass is 31.0. The highest BCUT2D eigenvalue weighted by Gasteiger charge is 1.80. The van der Waals surface area contributed by atoms with Crippen LogP contribution in [0.3, 0.4) is 0 Å². The molecule has 1 unspecified atom stereocenters. The lowest BCUT2D eigenvalue weighted by Crippen LogP contribution is -1.91. The first-order chi connectivity index (χ1) is 3.43. The predicted molar refractivity (Wildman–Crippen MR) is 34.5 cm³/mol. The van der Waals surface area contributed by atoms with Gasteiger partial charge in [-0.15, -0.1) is 0 Å². The van der Waals surface area contributed by atoms with Crippen molar-refractivity contribution in [2.24, 2.45) is 0 Å². The smallest absolute Gasteiger partial charge is 0.265 e. The third-order valence-corrected chi connectivity index (χ3v) is 1.19. The van der Waals surface area contributed by atoms with E-state index in [1.165, 1.54) is 0 Å². The number of hydrogen-bond acceptors (Lipinski definition) is 1. The first-order valence-electron chi connectivity index (χ1n) is 2.09. The highest BCUT2D eigenvalue weighted by molar-refractivity contribution is 7.55. The summed E-state index contributed by atoms with van der Waals surface area (Å²) in [6, 6.07) is 0. The number of rotatable bonds is 1. The van der Waals surface area contributed by atoms with E-state index in [0.717, 1.165) is 7.13 Å². The minimum atomic E-state index is 0.931. The van der Waals surface area contributed by atoms with Crippen molar-refractivity contribution < 1.29 is 0 Å². The van der Waals surface area contributed by atoms with Crippen LogP contribution in [-0.2, 0) is 0 Å². The molecule has 0 amide bonds. The van der Waals surface area contributed by atoms with Crippen molar-refractivity contribution in [2.45, 2.75) is 0 Å². The van der Waals surface area contributed by atoms with E-state index >= 15 is 0 Å². The molecule has 0 N–H and O–H groups in total. The Morgan fingerprint density at radius 3 is 2.86 bits per heavy atom. The largest absolute Gasteiger partial charge is 0.381 e. The molecule has 2 nitrogen and oxygen atoms in total. The minimum Gasteiger partial charge on any atom is -0.381 e. The van der Waals surface area contributed by atoms with Crippen LogP contribution in [0.1, 0.15) is 0 Å². The summed E-state index contributed by atoms with van der Waals surface area (Å²) >= 11 is 0. The maximum Gasteiger partial charge on any atom is 0.265 e. The standard InChI is InChI=1S/C3H6BN2P/c7-4-6-2-1-5-3-6/h1-4H,7H2. The maximum atomic E-state index is 3.84. The monoisotopic (exact) mass is 112 g/mol. The fourth-order valence-electron chi connectivity index (χ4n) is 0.395. The van der Waals surface area contributed by atoms with E-state index in [-0.39, 0.29) is 0 Å². The molecule has 1 atom stereocenters. The van der Waals surface area contributed by atoms with E-state index in [1.807, 2.05) is 10.7 Å². The fourth-order valence-corrected chi connectivity index (χ4v) is 0.611. The van der Waals surface area contributed by atoms with Gasteiger partial charge in [0.1, 0.15) is 0 Å². The molecule has 1 heterocycles. The van der Waals surface area contributed by atoms with Crippen molar-refractivity contribution in [1.82, 2.24) is 9.46 Å². The molecule has 1 aromatic rings. The van der Waals surface area contributed by atoms with Crippen LogP contribution in [-0.4, -0.2) is 16.6 Å². The second kappa shape index (κ2) is 2.13. The zero-order valence-corrected chi connectivity index (χ0v) is 5.07. The Kier molecular flexibility index (Phi) is 1.48. The third kappa shape index (κ3) is 1.03. The van der Waals surface area contributed by atoms with E-state index in [2.05, 4.69) is 14.1 Å². The van der Waals surface area contributed by atoms with Crippen LogP contribution in [0.5, 0.6) is 0 Å². The van der Waals surface area contributed by atoms with Crippen molar-refractivity contribution in [3.63, 3.8) is 0 Å². The minimum absolute atomic E-state index is 0.931. The summed E-state index contributed by atoms with van der Waals surface area (Å²) in [5.41, 5.74) is 0. The van der Waals surface area contributed by atoms with Gasteiger partial charge in [0.05, 0.1) is 6.33 Å². The molecule has 0 aliphatic carbocycles. The van der Waals surface area contributed by atoms with Gasteiger partial charge in [0, 0.05) is 12.4 Å².